The van der Waals surface area contributed by atoms with E-state index in [2.05, 4.69) is 20.8 Å². The Hall–Kier alpha value is -0.980. The van der Waals surface area contributed by atoms with E-state index in [9.17, 15) is 9.18 Å². The molecule has 0 aliphatic carbocycles. The third kappa shape index (κ3) is 3.77. The van der Waals surface area contributed by atoms with E-state index in [0.29, 0.717) is 25.3 Å². The highest BCUT2D eigenvalue weighted by Gasteiger charge is 2.27. The zero-order chi connectivity index (χ0) is 14.7. The molecule has 2 atom stereocenters. The van der Waals surface area contributed by atoms with Gasteiger partial charge < -0.3 is 9.84 Å². The third-order valence-electron chi connectivity index (χ3n) is 3.53. The molecule has 0 saturated carbocycles. The lowest BCUT2D eigenvalue weighted by molar-refractivity contribution is -0.142. The number of morpholine rings is 1. The van der Waals surface area contributed by atoms with Crippen molar-refractivity contribution < 1.29 is 19.0 Å². The third-order valence-corrected chi connectivity index (χ3v) is 4.02. The molecule has 1 saturated heterocycles. The zero-order valence-corrected chi connectivity index (χ0v) is 12.8. The van der Waals surface area contributed by atoms with E-state index in [1.807, 2.05) is 6.92 Å². The Morgan fingerprint density at radius 2 is 2.40 bits per heavy atom. The molecule has 4 nitrogen and oxygen atoms in total. The summed E-state index contributed by atoms with van der Waals surface area (Å²) in [6.45, 7) is 3.56. The number of hydrogen-bond donors (Lipinski definition) is 1. The van der Waals surface area contributed by atoms with E-state index in [-0.39, 0.29) is 24.4 Å². The normalized spacial score (nSPS) is 21.6. The van der Waals surface area contributed by atoms with Crippen molar-refractivity contribution in [2.75, 3.05) is 19.7 Å². The first kappa shape index (κ1) is 15.4. The highest BCUT2D eigenvalue weighted by atomic mass is 79.9. The topological polar surface area (TPSA) is 49.8 Å². The minimum Gasteiger partial charge on any atom is -0.481 e. The molecule has 1 aromatic carbocycles. The average Bonchev–Trinajstić information content (AvgIpc) is 2.40. The largest absolute Gasteiger partial charge is 0.481 e. The number of carboxylic acid groups (broad SMARTS) is 1. The van der Waals surface area contributed by atoms with E-state index in [0.717, 1.165) is 4.47 Å². The summed E-state index contributed by atoms with van der Waals surface area (Å²) in [7, 11) is 0. The molecule has 2 unspecified atom stereocenters. The number of aliphatic carboxylic acids is 1. The fraction of sp³-hybridized carbons (Fsp3) is 0.500. The smallest absolute Gasteiger partial charge is 0.306 e. The number of ether oxygens (including phenoxy) is 1. The highest BCUT2D eigenvalue weighted by molar-refractivity contribution is 9.10. The quantitative estimate of drug-likeness (QED) is 0.911. The molecule has 1 aliphatic heterocycles. The van der Waals surface area contributed by atoms with Crippen LogP contribution >= 0.6 is 15.9 Å². The van der Waals surface area contributed by atoms with Gasteiger partial charge in [-0.25, -0.2) is 4.39 Å². The van der Waals surface area contributed by atoms with Gasteiger partial charge >= 0.3 is 5.97 Å². The molecule has 1 heterocycles. The van der Waals surface area contributed by atoms with Gasteiger partial charge in [0.1, 0.15) is 5.82 Å². The summed E-state index contributed by atoms with van der Waals surface area (Å²) in [6.07, 6.45) is -0.358. The molecule has 1 N–H and O–H groups in total. The standard InChI is InChI=1S/C14H17BrFNO3/c1-9(12-6-10(15)2-3-13(12)16)17-4-5-20-11(8-17)7-14(18)19/h2-3,6,9,11H,4-5,7-8H2,1H3,(H,18,19). The molecule has 0 amide bonds. The summed E-state index contributed by atoms with van der Waals surface area (Å²) in [4.78, 5) is 12.8. The van der Waals surface area contributed by atoms with E-state index < -0.39 is 5.97 Å². The van der Waals surface area contributed by atoms with Crippen molar-refractivity contribution in [1.29, 1.82) is 0 Å². The number of benzene rings is 1. The van der Waals surface area contributed by atoms with Crippen LogP contribution in [0, 0.1) is 5.82 Å². The van der Waals surface area contributed by atoms with Crippen LogP contribution in [0.4, 0.5) is 4.39 Å². The van der Waals surface area contributed by atoms with Crippen LogP contribution in [0.25, 0.3) is 0 Å². The van der Waals surface area contributed by atoms with Crippen LogP contribution in [0.15, 0.2) is 22.7 Å². The Balaban J connectivity index is 2.09. The lowest BCUT2D eigenvalue weighted by atomic mass is 10.0. The van der Waals surface area contributed by atoms with Crippen LogP contribution in [0.3, 0.4) is 0 Å². The van der Waals surface area contributed by atoms with Crippen LogP contribution in [0.1, 0.15) is 24.9 Å². The summed E-state index contributed by atoms with van der Waals surface area (Å²) in [6, 6.07) is 4.75. The molecule has 0 radical (unpaired) electrons. The summed E-state index contributed by atoms with van der Waals surface area (Å²) in [5, 5.41) is 8.82. The second-order valence-electron chi connectivity index (χ2n) is 4.93. The van der Waals surface area contributed by atoms with Crippen molar-refractivity contribution in [3.8, 4) is 0 Å². The van der Waals surface area contributed by atoms with Crippen molar-refractivity contribution in [3.63, 3.8) is 0 Å². The molecule has 2 rings (SSSR count). The van der Waals surface area contributed by atoms with E-state index in [4.69, 9.17) is 9.84 Å². The maximum absolute atomic E-state index is 13.9. The molecule has 0 aromatic heterocycles. The Bertz CT molecular complexity index is 497. The summed E-state index contributed by atoms with van der Waals surface area (Å²) < 4.78 is 20.2. The van der Waals surface area contributed by atoms with Crippen LogP contribution in [0.5, 0.6) is 0 Å². The van der Waals surface area contributed by atoms with Gasteiger partial charge in [0.25, 0.3) is 0 Å². The second kappa shape index (κ2) is 6.65. The highest BCUT2D eigenvalue weighted by Crippen LogP contribution is 2.27. The number of carbonyl (C=O) groups is 1. The van der Waals surface area contributed by atoms with Crippen molar-refractivity contribution in [3.05, 3.63) is 34.1 Å². The summed E-state index contributed by atoms with van der Waals surface area (Å²) in [5.41, 5.74) is 0.607. The van der Waals surface area contributed by atoms with Gasteiger partial charge in [0, 0.05) is 29.2 Å². The van der Waals surface area contributed by atoms with Gasteiger partial charge in [0.05, 0.1) is 19.1 Å². The second-order valence-corrected chi connectivity index (χ2v) is 5.84. The van der Waals surface area contributed by atoms with Gasteiger partial charge in [-0.2, -0.15) is 0 Å². The van der Waals surface area contributed by atoms with Crippen molar-refractivity contribution >= 4 is 21.9 Å². The van der Waals surface area contributed by atoms with Gasteiger partial charge in [-0.1, -0.05) is 15.9 Å². The maximum Gasteiger partial charge on any atom is 0.306 e. The molecule has 6 heteroatoms. The van der Waals surface area contributed by atoms with Crippen molar-refractivity contribution in [2.45, 2.75) is 25.5 Å². The molecular formula is C14H17BrFNO3. The van der Waals surface area contributed by atoms with Gasteiger partial charge in [-0.15, -0.1) is 0 Å². The molecule has 1 aliphatic rings. The number of nitrogens with zero attached hydrogens (tertiary/aromatic N) is 1. The van der Waals surface area contributed by atoms with Crippen LogP contribution in [-0.2, 0) is 9.53 Å². The molecule has 1 aromatic rings. The van der Waals surface area contributed by atoms with Gasteiger partial charge in [-0.3, -0.25) is 9.69 Å². The fourth-order valence-electron chi connectivity index (χ4n) is 2.44. The monoisotopic (exact) mass is 345 g/mol. The maximum atomic E-state index is 13.9. The molecular weight excluding hydrogens is 329 g/mol. The lowest BCUT2D eigenvalue weighted by Crippen LogP contribution is -2.44. The number of rotatable bonds is 4. The van der Waals surface area contributed by atoms with E-state index in [1.54, 1.807) is 12.1 Å². The first-order valence-corrected chi connectivity index (χ1v) is 7.29. The predicted molar refractivity (Wildman–Crippen MR) is 76.1 cm³/mol. The molecule has 20 heavy (non-hydrogen) atoms. The molecule has 0 bridgehead atoms. The van der Waals surface area contributed by atoms with Crippen molar-refractivity contribution in [1.82, 2.24) is 4.90 Å². The van der Waals surface area contributed by atoms with Crippen LogP contribution in [0.2, 0.25) is 0 Å². The minimum atomic E-state index is -0.877. The van der Waals surface area contributed by atoms with Crippen molar-refractivity contribution in [2.24, 2.45) is 0 Å². The molecule has 110 valence electrons. The zero-order valence-electron chi connectivity index (χ0n) is 11.2. The Morgan fingerprint density at radius 3 is 3.10 bits per heavy atom. The van der Waals surface area contributed by atoms with Gasteiger partial charge in [-0.05, 0) is 25.1 Å². The minimum absolute atomic E-state index is 0.0236. The number of carboxylic acids is 1. The van der Waals surface area contributed by atoms with E-state index >= 15 is 0 Å². The predicted octanol–water partition coefficient (Wildman–Crippen LogP) is 2.82. The number of hydrogen-bond acceptors (Lipinski definition) is 3. The summed E-state index contributed by atoms with van der Waals surface area (Å²) in [5.74, 6) is -1.12. The van der Waals surface area contributed by atoms with Crippen LogP contribution < -0.4 is 0 Å². The fourth-order valence-corrected chi connectivity index (χ4v) is 2.82. The molecule has 0 spiro atoms. The first-order chi connectivity index (χ1) is 9.47. The molecule has 1 fully saturated rings. The first-order valence-electron chi connectivity index (χ1n) is 6.49. The van der Waals surface area contributed by atoms with E-state index in [1.165, 1.54) is 6.07 Å². The average molecular weight is 346 g/mol. The Morgan fingerprint density at radius 1 is 1.65 bits per heavy atom. The van der Waals surface area contributed by atoms with Gasteiger partial charge in [0.2, 0.25) is 0 Å². The van der Waals surface area contributed by atoms with Gasteiger partial charge in [0.15, 0.2) is 0 Å². The summed E-state index contributed by atoms with van der Waals surface area (Å²) >= 11 is 3.35. The lowest BCUT2D eigenvalue weighted by Gasteiger charge is -2.36. The Kier molecular flexibility index (Phi) is 5.12. The van der Waals surface area contributed by atoms with Crippen LogP contribution in [-0.4, -0.2) is 41.8 Å². The SMILES string of the molecule is CC(c1cc(Br)ccc1F)N1CCOC(CC(=O)O)C1. The Labute approximate surface area is 125 Å². The number of halogens is 2.